The molecule has 2 aliphatic heterocycles. The van der Waals surface area contributed by atoms with Gasteiger partial charge in [-0.3, -0.25) is 14.6 Å². The molecule has 2 aliphatic rings. The van der Waals surface area contributed by atoms with E-state index in [4.69, 9.17) is 4.84 Å². The Kier molecular flexibility index (Phi) is 5.21. The fourth-order valence-electron chi connectivity index (χ4n) is 2.85. The molecule has 0 spiro atoms. The van der Waals surface area contributed by atoms with Crippen LogP contribution in [0.5, 0.6) is 5.75 Å². The van der Waals surface area contributed by atoms with Gasteiger partial charge in [0.15, 0.2) is 17.4 Å². The van der Waals surface area contributed by atoms with E-state index in [0.717, 1.165) is 17.4 Å². The van der Waals surface area contributed by atoms with Gasteiger partial charge in [0.1, 0.15) is 10.1 Å². The summed E-state index contributed by atoms with van der Waals surface area (Å²) in [5, 5.41) is 10.8. The smallest absolute Gasteiger partial charge is 0.333 e. The average Bonchev–Trinajstić information content (AvgIpc) is 3.40. The van der Waals surface area contributed by atoms with Crippen molar-refractivity contribution in [3.8, 4) is 5.75 Å². The number of hydroxylamine groups is 2. The van der Waals surface area contributed by atoms with Crippen molar-refractivity contribution in [3.63, 3.8) is 0 Å². The summed E-state index contributed by atoms with van der Waals surface area (Å²) in [6, 6.07) is 0.733. The first-order valence-electron chi connectivity index (χ1n) is 8.58. The number of nitrogens with zero attached hydrogens (tertiary/aromatic N) is 3. The number of rotatable bonds is 5. The molecule has 1 atom stereocenters. The van der Waals surface area contributed by atoms with Crippen molar-refractivity contribution in [2.75, 3.05) is 5.75 Å². The number of carbonyl (C=O) groups excluding carboxylic acids is 3. The standard InChI is InChI=1S/C17H13F2N3O5S2/c18-8-5-9-15(13(19)14(8)26)29-17(21-9)16-20-7(6-28-16)1-4-12(25)27-22-10(23)2-3-11(22)24/h5,7,26H,1-4,6H2. The number of aromatic hydroxyl groups is 1. The van der Waals surface area contributed by atoms with Gasteiger partial charge in [-0.15, -0.1) is 28.2 Å². The van der Waals surface area contributed by atoms with Gasteiger partial charge >= 0.3 is 5.97 Å². The van der Waals surface area contributed by atoms with Crippen molar-refractivity contribution in [2.24, 2.45) is 4.99 Å². The van der Waals surface area contributed by atoms with Crippen LogP contribution in [0.2, 0.25) is 0 Å². The number of aliphatic imine (C=N–C) groups is 1. The minimum absolute atomic E-state index is 0.0312. The van der Waals surface area contributed by atoms with Crippen LogP contribution in [0.4, 0.5) is 8.78 Å². The summed E-state index contributed by atoms with van der Waals surface area (Å²) < 4.78 is 27.5. The van der Waals surface area contributed by atoms with Gasteiger partial charge < -0.3 is 9.94 Å². The first kappa shape index (κ1) is 19.7. The number of thiazole rings is 1. The number of hydrogen-bond acceptors (Lipinski definition) is 9. The second kappa shape index (κ2) is 7.67. The zero-order valence-corrected chi connectivity index (χ0v) is 16.3. The number of benzene rings is 1. The summed E-state index contributed by atoms with van der Waals surface area (Å²) in [5.74, 6) is -4.40. The molecular weight excluding hydrogens is 428 g/mol. The quantitative estimate of drug-likeness (QED) is 0.710. The molecule has 8 nitrogen and oxygen atoms in total. The number of halogens is 2. The summed E-state index contributed by atoms with van der Waals surface area (Å²) in [4.78, 5) is 48.2. The Bertz CT molecular complexity index is 1060. The molecule has 1 unspecified atom stereocenters. The second-order valence-corrected chi connectivity index (χ2v) is 8.38. The molecule has 1 saturated heterocycles. The summed E-state index contributed by atoms with van der Waals surface area (Å²) >= 11 is 2.32. The lowest BCUT2D eigenvalue weighted by atomic mass is 10.2. The SMILES string of the molecule is O=C(CCC1CSC(c2nc3cc(F)c(O)c(F)c3s2)=N1)ON1C(=O)CCC1=O. The molecule has 3 heterocycles. The Hall–Kier alpha value is -2.60. The monoisotopic (exact) mass is 441 g/mol. The van der Waals surface area contributed by atoms with Crippen LogP contribution in [0, 0.1) is 11.6 Å². The Labute approximate surface area is 170 Å². The zero-order chi connectivity index (χ0) is 20.7. The van der Waals surface area contributed by atoms with Gasteiger partial charge in [-0.2, -0.15) is 0 Å². The van der Waals surface area contributed by atoms with E-state index in [1.807, 2.05) is 0 Å². The molecule has 1 N–H and O–H groups in total. The Morgan fingerprint density at radius 1 is 1.31 bits per heavy atom. The highest BCUT2D eigenvalue weighted by Gasteiger charge is 2.33. The lowest BCUT2D eigenvalue weighted by Crippen LogP contribution is -2.32. The maximum Gasteiger partial charge on any atom is 0.333 e. The molecule has 2 aromatic rings. The second-order valence-electron chi connectivity index (χ2n) is 6.37. The number of amides is 2. The van der Waals surface area contributed by atoms with E-state index >= 15 is 0 Å². The molecule has 4 rings (SSSR count). The summed E-state index contributed by atoms with van der Waals surface area (Å²) in [6.45, 7) is 0. The highest BCUT2D eigenvalue weighted by Crippen LogP contribution is 2.35. The van der Waals surface area contributed by atoms with Gasteiger partial charge in [-0.1, -0.05) is 0 Å². The Balaban J connectivity index is 1.40. The van der Waals surface area contributed by atoms with Gasteiger partial charge in [0.25, 0.3) is 11.8 Å². The number of thioether (sulfide) groups is 1. The van der Waals surface area contributed by atoms with Crippen LogP contribution in [-0.2, 0) is 19.2 Å². The van der Waals surface area contributed by atoms with Crippen molar-refractivity contribution in [2.45, 2.75) is 31.7 Å². The van der Waals surface area contributed by atoms with Crippen LogP contribution < -0.4 is 0 Å². The fraction of sp³-hybridized carbons (Fsp3) is 0.353. The first-order chi connectivity index (χ1) is 13.8. The van der Waals surface area contributed by atoms with E-state index in [2.05, 4.69) is 9.98 Å². The van der Waals surface area contributed by atoms with Gasteiger partial charge in [-0.05, 0) is 6.42 Å². The van der Waals surface area contributed by atoms with E-state index < -0.39 is 35.2 Å². The van der Waals surface area contributed by atoms with E-state index in [0.29, 0.717) is 27.3 Å². The highest BCUT2D eigenvalue weighted by molar-refractivity contribution is 8.15. The highest BCUT2D eigenvalue weighted by atomic mass is 32.2. The van der Waals surface area contributed by atoms with E-state index in [1.54, 1.807) is 0 Å². The Morgan fingerprint density at radius 2 is 2.03 bits per heavy atom. The zero-order valence-electron chi connectivity index (χ0n) is 14.7. The third-order valence-corrected chi connectivity index (χ3v) is 6.65. The van der Waals surface area contributed by atoms with Gasteiger partial charge in [0.2, 0.25) is 0 Å². The molecule has 1 aromatic carbocycles. The van der Waals surface area contributed by atoms with Crippen LogP contribution in [-0.4, -0.2) is 49.8 Å². The number of phenols is 1. The lowest BCUT2D eigenvalue weighted by Gasteiger charge is -2.13. The van der Waals surface area contributed by atoms with Gasteiger partial charge in [0.05, 0.1) is 22.7 Å². The van der Waals surface area contributed by atoms with Crippen molar-refractivity contribution in [3.05, 3.63) is 22.7 Å². The van der Waals surface area contributed by atoms with E-state index in [9.17, 15) is 28.3 Å². The predicted octanol–water partition coefficient (Wildman–Crippen LogP) is 2.53. The molecule has 0 radical (unpaired) electrons. The van der Waals surface area contributed by atoms with Gasteiger partial charge in [0, 0.05) is 24.7 Å². The minimum Gasteiger partial charge on any atom is -0.503 e. The van der Waals surface area contributed by atoms with Crippen molar-refractivity contribution in [1.82, 2.24) is 10.0 Å². The number of hydrogen-bond donors (Lipinski definition) is 1. The molecule has 0 bridgehead atoms. The largest absolute Gasteiger partial charge is 0.503 e. The van der Waals surface area contributed by atoms with E-state index in [1.165, 1.54) is 11.8 Å². The topological polar surface area (TPSA) is 109 Å². The lowest BCUT2D eigenvalue weighted by molar-refractivity contribution is -0.197. The maximum absolute atomic E-state index is 14.0. The molecule has 1 aromatic heterocycles. The molecule has 2 amide bonds. The predicted molar refractivity (Wildman–Crippen MR) is 100 cm³/mol. The fourth-order valence-corrected chi connectivity index (χ4v) is 5.01. The number of phenolic OH excluding ortho intramolecular Hbond substituents is 1. The van der Waals surface area contributed by atoms with Crippen molar-refractivity contribution < 1.29 is 33.1 Å². The van der Waals surface area contributed by atoms with Crippen LogP contribution in [0.25, 0.3) is 10.2 Å². The molecule has 1 fully saturated rings. The number of aromatic nitrogens is 1. The van der Waals surface area contributed by atoms with E-state index in [-0.39, 0.29) is 35.5 Å². The molecular formula is C17H13F2N3O5S2. The number of carbonyl (C=O) groups is 3. The van der Waals surface area contributed by atoms with Crippen molar-refractivity contribution >= 4 is 56.1 Å². The normalized spacial score (nSPS) is 19.3. The van der Waals surface area contributed by atoms with Crippen molar-refractivity contribution in [1.29, 1.82) is 0 Å². The Morgan fingerprint density at radius 3 is 2.76 bits per heavy atom. The molecule has 0 saturated carbocycles. The molecule has 0 aliphatic carbocycles. The minimum atomic E-state index is -1.08. The summed E-state index contributed by atoms with van der Waals surface area (Å²) in [5.41, 5.74) is 0.0908. The first-order valence-corrected chi connectivity index (χ1v) is 10.4. The summed E-state index contributed by atoms with van der Waals surface area (Å²) in [7, 11) is 0. The molecule has 12 heteroatoms. The summed E-state index contributed by atoms with van der Waals surface area (Å²) in [6.07, 6.45) is 0.361. The van der Waals surface area contributed by atoms with Crippen LogP contribution in [0.3, 0.4) is 0 Å². The number of imide groups is 1. The maximum atomic E-state index is 14.0. The third-order valence-electron chi connectivity index (χ3n) is 4.33. The average molecular weight is 441 g/mol. The molecule has 152 valence electrons. The van der Waals surface area contributed by atoms with Crippen LogP contribution in [0.1, 0.15) is 30.7 Å². The molecule has 29 heavy (non-hydrogen) atoms. The third kappa shape index (κ3) is 3.81. The van der Waals surface area contributed by atoms with Gasteiger partial charge in [-0.25, -0.2) is 18.6 Å². The van der Waals surface area contributed by atoms with Crippen LogP contribution in [0.15, 0.2) is 11.1 Å². The number of fused-ring (bicyclic) bond motifs is 1. The van der Waals surface area contributed by atoms with Crippen LogP contribution >= 0.6 is 23.1 Å².